The molecule has 1 aromatic carbocycles. The predicted octanol–water partition coefficient (Wildman–Crippen LogP) is 1.30. The number of nitrogens with one attached hydrogen (secondary N) is 2. The first-order chi connectivity index (χ1) is 13.4. The Morgan fingerprint density at radius 2 is 1.96 bits per heavy atom. The molecule has 1 saturated carbocycles. The van der Waals surface area contributed by atoms with Crippen molar-refractivity contribution in [1.29, 1.82) is 0 Å². The van der Waals surface area contributed by atoms with Crippen LogP contribution in [-0.2, 0) is 11.3 Å². The summed E-state index contributed by atoms with van der Waals surface area (Å²) >= 11 is 0. The Balaban J connectivity index is 1.89. The van der Waals surface area contributed by atoms with Crippen molar-refractivity contribution < 1.29 is 18.7 Å². The van der Waals surface area contributed by atoms with Crippen LogP contribution in [0.15, 0.2) is 41.3 Å². The zero-order valence-electron chi connectivity index (χ0n) is 15.7. The number of hydrogen-bond donors (Lipinski definition) is 2. The molecule has 0 bridgehead atoms. The second kappa shape index (κ2) is 8.35. The highest BCUT2D eigenvalue weighted by Crippen LogP contribution is 2.25. The van der Waals surface area contributed by atoms with Gasteiger partial charge < -0.3 is 19.9 Å². The lowest BCUT2D eigenvalue weighted by atomic mass is 10.1. The van der Waals surface area contributed by atoms with Gasteiger partial charge in [-0.15, -0.1) is 0 Å². The third-order valence-corrected chi connectivity index (χ3v) is 4.52. The average Bonchev–Trinajstić information content (AvgIpc) is 3.42. The van der Waals surface area contributed by atoms with Crippen molar-refractivity contribution in [3.8, 4) is 0 Å². The second-order valence-corrected chi connectivity index (χ2v) is 6.59. The van der Waals surface area contributed by atoms with Gasteiger partial charge in [-0.1, -0.05) is 12.1 Å². The molecule has 0 saturated heterocycles. The maximum Gasteiger partial charge on any atom is 0.263 e. The van der Waals surface area contributed by atoms with E-state index in [1.807, 2.05) is 6.92 Å². The summed E-state index contributed by atoms with van der Waals surface area (Å²) in [6.45, 7) is 2.56. The number of halogens is 1. The minimum atomic E-state index is -0.578. The molecule has 0 unspecified atom stereocenters. The van der Waals surface area contributed by atoms with E-state index in [4.69, 9.17) is 4.74 Å². The zero-order chi connectivity index (χ0) is 20.3. The smallest absolute Gasteiger partial charge is 0.263 e. The summed E-state index contributed by atoms with van der Waals surface area (Å²) in [5.41, 5.74) is 0.207. The Kier molecular flexibility index (Phi) is 5.89. The van der Waals surface area contributed by atoms with Gasteiger partial charge in [0.2, 0.25) is 0 Å². The third kappa shape index (κ3) is 4.45. The van der Waals surface area contributed by atoms with Gasteiger partial charge in [0, 0.05) is 19.9 Å². The molecule has 3 rings (SSSR count). The molecule has 2 N–H and O–H groups in total. The number of carbonyl (C=O) groups is 2. The predicted molar refractivity (Wildman–Crippen MR) is 101 cm³/mol. The number of nitrogens with zero attached hydrogens (tertiary/aromatic N) is 1. The van der Waals surface area contributed by atoms with Crippen LogP contribution in [0.5, 0.6) is 0 Å². The summed E-state index contributed by atoms with van der Waals surface area (Å²) in [5, 5.41) is 5.26. The highest BCUT2D eigenvalue weighted by molar-refractivity contribution is 5.99. The SMILES string of the molecule is CCO[C@@H]1C[C@H]1NC(=O)c1cc(C(=O)NC)c(=O)n(Cc2ccc(F)cc2)c1. The van der Waals surface area contributed by atoms with Gasteiger partial charge in [0.25, 0.3) is 17.4 Å². The molecule has 2 amide bonds. The highest BCUT2D eigenvalue weighted by atomic mass is 19.1. The first-order valence-corrected chi connectivity index (χ1v) is 9.06. The Hall–Kier alpha value is -3.00. The molecule has 0 spiro atoms. The number of aromatic nitrogens is 1. The number of pyridine rings is 1. The summed E-state index contributed by atoms with van der Waals surface area (Å²) in [4.78, 5) is 37.4. The minimum absolute atomic E-state index is 0.00233. The quantitative estimate of drug-likeness (QED) is 0.750. The average molecular weight is 387 g/mol. The van der Waals surface area contributed by atoms with E-state index in [0.717, 1.165) is 6.42 Å². The van der Waals surface area contributed by atoms with Crippen LogP contribution in [0.25, 0.3) is 0 Å². The van der Waals surface area contributed by atoms with E-state index in [1.165, 1.54) is 36.0 Å². The lowest BCUT2D eigenvalue weighted by Gasteiger charge is -2.12. The zero-order valence-corrected chi connectivity index (χ0v) is 15.7. The van der Waals surface area contributed by atoms with Gasteiger partial charge in [-0.3, -0.25) is 14.4 Å². The van der Waals surface area contributed by atoms with E-state index < -0.39 is 11.5 Å². The highest BCUT2D eigenvalue weighted by Gasteiger charge is 2.39. The first kappa shape index (κ1) is 19.8. The molecule has 0 radical (unpaired) electrons. The van der Waals surface area contributed by atoms with Gasteiger partial charge in [0.1, 0.15) is 11.4 Å². The molecule has 1 aromatic heterocycles. The molecule has 2 aromatic rings. The van der Waals surface area contributed by atoms with E-state index in [2.05, 4.69) is 10.6 Å². The second-order valence-electron chi connectivity index (χ2n) is 6.59. The Morgan fingerprint density at radius 3 is 2.61 bits per heavy atom. The fourth-order valence-corrected chi connectivity index (χ4v) is 2.93. The number of ether oxygens (including phenoxy) is 1. The van der Waals surface area contributed by atoms with Gasteiger partial charge >= 0.3 is 0 Å². The van der Waals surface area contributed by atoms with Gasteiger partial charge in [-0.25, -0.2) is 4.39 Å². The summed E-state index contributed by atoms with van der Waals surface area (Å²) in [7, 11) is 1.41. The first-order valence-electron chi connectivity index (χ1n) is 9.06. The van der Waals surface area contributed by atoms with E-state index in [1.54, 1.807) is 12.1 Å². The fourth-order valence-electron chi connectivity index (χ4n) is 2.93. The molecule has 1 heterocycles. The molecule has 8 heteroatoms. The molecular formula is C20H22FN3O4. The summed E-state index contributed by atoms with van der Waals surface area (Å²) in [5.74, 6) is -1.35. The van der Waals surface area contributed by atoms with Gasteiger partial charge in [-0.2, -0.15) is 0 Å². The van der Waals surface area contributed by atoms with Crippen LogP contribution in [0.1, 0.15) is 39.6 Å². The Morgan fingerprint density at radius 1 is 1.25 bits per heavy atom. The number of carbonyl (C=O) groups excluding carboxylic acids is 2. The van der Waals surface area contributed by atoms with Crippen molar-refractivity contribution in [2.75, 3.05) is 13.7 Å². The molecule has 0 aliphatic heterocycles. The third-order valence-electron chi connectivity index (χ3n) is 4.52. The topological polar surface area (TPSA) is 89.4 Å². The van der Waals surface area contributed by atoms with Crippen LogP contribution in [-0.4, -0.2) is 42.2 Å². The molecule has 7 nitrogen and oxygen atoms in total. The van der Waals surface area contributed by atoms with Crippen molar-refractivity contribution in [2.24, 2.45) is 0 Å². The molecule has 148 valence electrons. The van der Waals surface area contributed by atoms with Crippen LogP contribution < -0.4 is 16.2 Å². The number of hydrogen-bond acceptors (Lipinski definition) is 4. The monoisotopic (exact) mass is 387 g/mol. The van der Waals surface area contributed by atoms with Gasteiger partial charge in [0.05, 0.1) is 24.3 Å². The standard InChI is InChI=1S/C20H22FN3O4/c1-3-28-17-9-16(17)23-18(25)13-8-15(19(26)22-2)20(27)24(11-13)10-12-4-6-14(21)7-5-12/h4-8,11,16-17H,3,9-10H2,1-2H3,(H,22,26)(H,23,25)/t16-,17-/m1/s1. The van der Waals surface area contributed by atoms with Gasteiger partial charge in [0.15, 0.2) is 0 Å². The molecule has 1 aliphatic rings. The summed E-state index contributed by atoms with van der Waals surface area (Å²) in [6.07, 6.45) is 2.14. The van der Waals surface area contributed by atoms with Crippen LogP contribution in [0.3, 0.4) is 0 Å². The van der Waals surface area contributed by atoms with Crippen molar-refractivity contribution >= 4 is 11.8 Å². The van der Waals surface area contributed by atoms with E-state index in [-0.39, 0.29) is 41.5 Å². The number of rotatable bonds is 7. The van der Waals surface area contributed by atoms with E-state index >= 15 is 0 Å². The van der Waals surface area contributed by atoms with Crippen LogP contribution in [0.4, 0.5) is 4.39 Å². The van der Waals surface area contributed by atoms with Gasteiger partial charge in [-0.05, 0) is 37.1 Å². The lowest BCUT2D eigenvalue weighted by molar-refractivity contribution is 0.0914. The van der Waals surface area contributed by atoms with E-state index in [9.17, 15) is 18.8 Å². The number of benzene rings is 1. The number of amides is 2. The Bertz CT molecular complexity index is 939. The van der Waals surface area contributed by atoms with Crippen LogP contribution in [0.2, 0.25) is 0 Å². The van der Waals surface area contributed by atoms with Crippen molar-refractivity contribution in [3.63, 3.8) is 0 Å². The summed E-state index contributed by atoms with van der Waals surface area (Å²) in [6, 6.07) is 6.88. The van der Waals surface area contributed by atoms with E-state index in [0.29, 0.717) is 12.2 Å². The molecule has 1 fully saturated rings. The fraction of sp³-hybridized carbons (Fsp3) is 0.350. The minimum Gasteiger partial charge on any atom is -0.376 e. The van der Waals surface area contributed by atoms with Crippen LogP contribution in [0, 0.1) is 5.82 Å². The van der Waals surface area contributed by atoms with Crippen molar-refractivity contribution in [2.45, 2.75) is 32.0 Å². The molecule has 28 heavy (non-hydrogen) atoms. The molecule has 2 atom stereocenters. The normalized spacial score (nSPS) is 17.8. The largest absolute Gasteiger partial charge is 0.376 e. The van der Waals surface area contributed by atoms with Crippen molar-refractivity contribution in [3.05, 3.63) is 69.4 Å². The molecular weight excluding hydrogens is 365 g/mol. The maximum atomic E-state index is 13.1. The Labute approximate surface area is 161 Å². The lowest BCUT2D eigenvalue weighted by Crippen LogP contribution is -2.35. The summed E-state index contributed by atoms with van der Waals surface area (Å²) < 4.78 is 19.8. The van der Waals surface area contributed by atoms with Crippen molar-refractivity contribution in [1.82, 2.24) is 15.2 Å². The van der Waals surface area contributed by atoms with Crippen LogP contribution >= 0.6 is 0 Å². The maximum absolute atomic E-state index is 13.1. The molecule has 1 aliphatic carbocycles.